The molecule has 0 aromatic heterocycles. The minimum Gasteiger partial charge on any atom is -0.302 e. The summed E-state index contributed by atoms with van der Waals surface area (Å²) in [6, 6.07) is 0. The van der Waals surface area contributed by atoms with Crippen molar-refractivity contribution < 1.29 is 8.42 Å². The molecular formula is C11H23ClN2O2S. The van der Waals surface area contributed by atoms with E-state index >= 15 is 0 Å². The molecule has 1 saturated carbocycles. The van der Waals surface area contributed by atoms with Gasteiger partial charge in [0.05, 0.1) is 5.25 Å². The minimum absolute atomic E-state index is 0.0217. The maximum Gasteiger partial charge on any atom is 0.217 e. The first-order chi connectivity index (χ1) is 7.76. The first-order valence-corrected chi connectivity index (χ1v) is 7.98. The van der Waals surface area contributed by atoms with Crippen molar-refractivity contribution in [2.45, 2.75) is 37.0 Å². The molecule has 0 bridgehead atoms. The second kappa shape index (κ2) is 5.43. The van der Waals surface area contributed by atoms with Gasteiger partial charge in [-0.3, -0.25) is 0 Å². The predicted molar refractivity (Wildman–Crippen MR) is 72.0 cm³/mol. The van der Waals surface area contributed by atoms with Crippen LogP contribution in [0.5, 0.6) is 0 Å². The third-order valence-corrected chi connectivity index (χ3v) is 6.74. The monoisotopic (exact) mass is 282 g/mol. The normalized spacial score (nSPS) is 21.6. The van der Waals surface area contributed by atoms with E-state index in [-0.39, 0.29) is 11.4 Å². The zero-order valence-corrected chi connectivity index (χ0v) is 12.7. The molecule has 1 unspecified atom stereocenters. The lowest BCUT2D eigenvalue weighted by molar-refractivity contribution is 0.0454. The number of alkyl halides is 1. The smallest absolute Gasteiger partial charge is 0.217 e. The van der Waals surface area contributed by atoms with Gasteiger partial charge in [0, 0.05) is 25.0 Å². The number of hydrogen-bond acceptors (Lipinski definition) is 3. The van der Waals surface area contributed by atoms with Crippen LogP contribution >= 0.6 is 11.6 Å². The van der Waals surface area contributed by atoms with Crippen molar-refractivity contribution in [3.8, 4) is 0 Å². The summed E-state index contributed by atoms with van der Waals surface area (Å²) in [7, 11) is 2.43. The van der Waals surface area contributed by atoms with E-state index < -0.39 is 15.3 Å². The molecule has 0 heterocycles. The lowest BCUT2D eigenvalue weighted by Gasteiger charge is -2.49. The van der Waals surface area contributed by atoms with Crippen molar-refractivity contribution in [2.75, 3.05) is 33.6 Å². The molecule has 0 aromatic rings. The SMILES string of the molecule is CC(CCl)S(=O)(=O)N(C)CC1(N(C)C)CCC1. The van der Waals surface area contributed by atoms with Crippen molar-refractivity contribution in [3.05, 3.63) is 0 Å². The topological polar surface area (TPSA) is 40.6 Å². The van der Waals surface area contributed by atoms with Crippen LogP contribution in [-0.4, -0.2) is 62.0 Å². The Morgan fingerprint density at radius 1 is 1.29 bits per heavy atom. The van der Waals surface area contributed by atoms with Crippen molar-refractivity contribution in [2.24, 2.45) is 0 Å². The molecule has 1 rings (SSSR count). The largest absolute Gasteiger partial charge is 0.302 e. The molecule has 4 nitrogen and oxygen atoms in total. The van der Waals surface area contributed by atoms with Crippen LogP contribution in [0.25, 0.3) is 0 Å². The van der Waals surface area contributed by atoms with Crippen LogP contribution in [0.2, 0.25) is 0 Å². The first-order valence-electron chi connectivity index (χ1n) is 5.95. The highest BCUT2D eigenvalue weighted by Crippen LogP contribution is 2.37. The van der Waals surface area contributed by atoms with Crippen LogP contribution in [0.1, 0.15) is 26.2 Å². The standard InChI is InChI=1S/C11H23ClN2O2S/c1-10(8-12)17(15,16)14(4)9-11(13(2)3)6-5-7-11/h10H,5-9H2,1-4H3. The Balaban J connectivity index is 2.75. The summed E-state index contributed by atoms with van der Waals surface area (Å²) in [5.74, 6) is 0.141. The van der Waals surface area contributed by atoms with E-state index in [1.807, 2.05) is 14.1 Å². The molecular weight excluding hydrogens is 260 g/mol. The molecule has 0 aliphatic heterocycles. The summed E-state index contributed by atoms with van der Waals surface area (Å²) in [5, 5.41) is -0.520. The second-order valence-electron chi connectivity index (χ2n) is 5.24. The molecule has 0 aromatic carbocycles. The Labute approximate surface area is 110 Å². The Bertz CT molecular complexity index is 352. The number of rotatable bonds is 6. The predicted octanol–water partition coefficient (Wildman–Crippen LogP) is 1.36. The summed E-state index contributed by atoms with van der Waals surface area (Å²) in [6.07, 6.45) is 3.31. The minimum atomic E-state index is -3.26. The number of hydrogen-bond donors (Lipinski definition) is 0. The Hall–Kier alpha value is 0.160. The Morgan fingerprint density at radius 3 is 2.12 bits per heavy atom. The van der Waals surface area contributed by atoms with Gasteiger partial charge in [-0.1, -0.05) is 0 Å². The van der Waals surface area contributed by atoms with Gasteiger partial charge in [0.15, 0.2) is 0 Å². The lowest BCUT2D eigenvalue weighted by Crippen LogP contribution is -2.58. The van der Waals surface area contributed by atoms with Gasteiger partial charge in [-0.05, 0) is 40.3 Å². The third-order valence-electron chi connectivity index (χ3n) is 3.91. The van der Waals surface area contributed by atoms with Crippen molar-refractivity contribution in [3.63, 3.8) is 0 Å². The van der Waals surface area contributed by atoms with E-state index in [4.69, 9.17) is 11.6 Å². The van der Waals surface area contributed by atoms with E-state index in [1.54, 1.807) is 14.0 Å². The summed E-state index contributed by atoms with van der Waals surface area (Å²) in [6.45, 7) is 2.21. The van der Waals surface area contributed by atoms with Gasteiger partial charge in [0.1, 0.15) is 0 Å². The highest BCUT2D eigenvalue weighted by Gasteiger charge is 2.42. The summed E-state index contributed by atoms with van der Waals surface area (Å²) < 4.78 is 25.7. The number of nitrogens with zero attached hydrogens (tertiary/aromatic N) is 2. The van der Waals surface area contributed by atoms with Crippen molar-refractivity contribution in [1.29, 1.82) is 0 Å². The van der Waals surface area contributed by atoms with E-state index in [2.05, 4.69) is 4.90 Å². The van der Waals surface area contributed by atoms with E-state index in [0.29, 0.717) is 6.54 Å². The Morgan fingerprint density at radius 2 is 1.82 bits per heavy atom. The van der Waals surface area contributed by atoms with Crippen LogP contribution < -0.4 is 0 Å². The van der Waals surface area contributed by atoms with Gasteiger partial charge < -0.3 is 4.90 Å². The lowest BCUT2D eigenvalue weighted by atomic mass is 9.75. The van der Waals surface area contributed by atoms with E-state index in [9.17, 15) is 8.42 Å². The molecule has 1 atom stereocenters. The van der Waals surface area contributed by atoms with Gasteiger partial charge in [-0.15, -0.1) is 11.6 Å². The molecule has 0 saturated heterocycles. The van der Waals surface area contributed by atoms with Crippen molar-refractivity contribution in [1.82, 2.24) is 9.21 Å². The zero-order valence-electron chi connectivity index (χ0n) is 11.1. The van der Waals surface area contributed by atoms with Crippen LogP contribution in [0.15, 0.2) is 0 Å². The zero-order chi connectivity index (χ0) is 13.3. The maximum atomic E-state index is 12.1. The average molecular weight is 283 g/mol. The number of halogens is 1. The third kappa shape index (κ3) is 2.95. The summed E-state index contributed by atoms with van der Waals surface area (Å²) >= 11 is 5.65. The molecule has 0 radical (unpaired) electrons. The van der Waals surface area contributed by atoms with Crippen LogP contribution in [-0.2, 0) is 10.0 Å². The highest BCUT2D eigenvalue weighted by atomic mass is 35.5. The number of sulfonamides is 1. The first kappa shape index (κ1) is 15.2. The quantitative estimate of drug-likeness (QED) is 0.691. The van der Waals surface area contributed by atoms with Gasteiger partial charge >= 0.3 is 0 Å². The molecule has 0 spiro atoms. The molecule has 102 valence electrons. The molecule has 0 N–H and O–H groups in total. The molecule has 1 fully saturated rings. The highest BCUT2D eigenvalue weighted by molar-refractivity contribution is 7.89. The summed E-state index contributed by atoms with van der Waals surface area (Å²) in [5.41, 5.74) is 0.0217. The molecule has 1 aliphatic rings. The van der Waals surface area contributed by atoms with Crippen LogP contribution in [0.3, 0.4) is 0 Å². The fraction of sp³-hybridized carbons (Fsp3) is 1.00. The van der Waals surface area contributed by atoms with E-state index in [0.717, 1.165) is 12.8 Å². The van der Waals surface area contributed by atoms with Gasteiger partial charge in [0.25, 0.3) is 0 Å². The maximum absolute atomic E-state index is 12.1. The molecule has 17 heavy (non-hydrogen) atoms. The summed E-state index contributed by atoms with van der Waals surface area (Å²) in [4.78, 5) is 2.15. The fourth-order valence-corrected chi connectivity index (χ4v) is 3.89. The van der Waals surface area contributed by atoms with Gasteiger partial charge in [0.2, 0.25) is 10.0 Å². The van der Waals surface area contributed by atoms with Crippen LogP contribution in [0.4, 0.5) is 0 Å². The Kier molecular flexibility index (Phi) is 4.86. The van der Waals surface area contributed by atoms with E-state index in [1.165, 1.54) is 10.7 Å². The van der Waals surface area contributed by atoms with Crippen LogP contribution in [0, 0.1) is 0 Å². The molecule has 0 amide bonds. The van der Waals surface area contributed by atoms with Crippen molar-refractivity contribution >= 4 is 21.6 Å². The van der Waals surface area contributed by atoms with Gasteiger partial charge in [-0.2, -0.15) is 0 Å². The number of likely N-dealkylation sites (N-methyl/N-ethyl adjacent to an activating group) is 2. The second-order valence-corrected chi connectivity index (χ2v) is 8.00. The fourth-order valence-electron chi connectivity index (χ4n) is 2.22. The molecule has 6 heteroatoms. The molecule has 1 aliphatic carbocycles. The average Bonchev–Trinajstić information content (AvgIpc) is 2.20. The van der Waals surface area contributed by atoms with Gasteiger partial charge in [-0.25, -0.2) is 12.7 Å².